The van der Waals surface area contributed by atoms with Gasteiger partial charge < -0.3 is 10.1 Å². The Kier molecular flexibility index (Phi) is 5.76. The van der Waals surface area contributed by atoms with Crippen LogP contribution in [0.2, 0.25) is 0 Å². The molecule has 1 N–H and O–H groups in total. The minimum Gasteiger partial charge on any atom is -0.452 e. The number of carbonyl (C=O) groups is 2. The Balaban J connectivity index is 1.47. The normalized spacial score (nSPS) is 14.4. The summed E-state index contributed by atoms with van der Waals surface area (Å²) in [5.41, 5.74) is 2.03. The molecule has 0 unspecified atom stereocenters. The Bertz CT molecular complexity index is 978. The van der Waals surface area contributed by atoms with Crippen LogP contribution in [0.25, 0.3) is 10.6 Å². The number of hydrogen-bond donors (Lipinski definition) is 1. The molecule has 2 aromatic heterocycles. The average molecular weight is 410 g/mol. The average Bonchev–Trinajstić information content (AvgIpc) is 3.27. The fourth-order valence-corrected chi connectivity index (χ4v) is 3.96. The first-order chi connectivity index (χ1) is 14.1. The van der Waals surface area contributed by atoms with Crippen LogP contribution in [0.15, 0.2) is 54.0 Å². The van der Waals surface area contributed by atoms with Crippen molar-refractivity contribution in [3.05, 3.63) is 65.2 Å². The molecule has 0 bridgehead atoms. The van der Waals surface area contributed by atoms with E-state index in [1.54, 1.807) is 10.9 Å². The lowest BCUT2D eigenvalue weighted by atomic mass is 10.2. The van der Waals surface area contributed by atoms with Crippen LogP contribution in [-0.4, -0.2) is 34.3 Å². The van der Waals surface area contributed by atoms with Crippen molar-refractivity contribution in [3.63, 3.8) is 0 Å². The summed E-state index contributed by atoms with van der Waals surface area (Å²) in [5.74, 6) is -0.259. The highest BCUT2D eigenvalue weighted by molar-refractivity contribution is 7.13. The maximum Gasteiger partial charge on any atom is 0.342 e. The second kappa shape index (κ2) is 8.61. The molecule has 0 aliphatic heterocycles. The summed E-state index contributed by atoms with van der Waals surface area (Å²) in [5, 5.41) is 9.43. The Labute approximate surface area is 173 Å². The van der Waals surface area contributed by atoms with E-state index < -0.39 is 5.97 Å². The van der Waals surface area contributed by atoms with Crippen LogP contribution in [0.4, 0.5) is 0 Å². The number of hydrogen-bond acceptors (Lipinski definition) is 5. The molecule has 6 nitrogen and oxygen atoms in total. The van der Waals surface area contributed by atoms with E-state index in [0.717, 1.165) is 23.3 Å². The summed E-state index contributed by atoms with van der Waals surface area (Å²) >= 11 is 1.51. The summed E-state index contributed by atoms with van der Waals surface area (Å²) < 4.78 is 7.03. The van der Waals surface area contributed by atoms with E-state index in [1.807, 2.05) is 54.8 Å². The first kappa shape index (κ1) is 19.4. The predicted molar refractivity (Wildman–Crippen MR) is 112 cm³/mol. The molecule has 1 aliphatic carbocycles. The zero-order valence-corrected chi connectivity index (χ0v) is 17.0. The topological polar surface area (TPSA) is 73.2 Å². The number of carbonyl (C=O) groups excluding carboxylic acids is 2. The van der Waals surface area contributed by atoms with Gasteiger partial charge in [-0.25, -0.2) is 4.79 Å². The van der Waals surface area contributed by atoms with Crippen LogP contribution >= 0.6 is 11.3 Å². The number of rotatable bonds is 8. The summed E-state index contributed by atoms with van der Waals surface area (Å²) in [6.45, 7) is 2.25. The Morgan fingerprint density at radius 3 is 2.72 bits per heavy atom. The van der Waals surface area contributed by atoms with Crippen molar-refractivity contribution in [1.29, 1.82) is 0 Å². The first-order valence-electron chi connectivity index (χ1n) is 9.72. The molecule has 1 amide bonds. The fraction of sp³-hybridized carbons (Fsp3) is 0.318. The Hall–Kier alpha value is -2.93. The maximum absolute atomic E-state index is 12.7. The monoisotopic (exact) mass is 409 g/mol. The zero-order chi connectivity index (χ0) is 20.2. The molecule has 1 aliphatic rings. The van der Waals surface area contributed by atoms with Crippen LogP contribution in [-0.2, 0) is 16.1 Å². The molecule has 3 aromatic rings. The quantitative estimate of drug-likeness (QED) is 0.576. The number of benzene rings is 1. The third-order valence-corrected chi connectivity index (χ3v) is 5.85. The molecule has 1 aromatic carbocycles. The van der Waals surface area contributed by atoms with Gasteiger partial charge in [0.15, 0.2) is 6.61 Å². The van der Waals surface area contributed by atoms with Gasteiger partial charge >= 0.3 is 5.97 Å². The van der Waals surface area contributed by atoms with Gasteiger partial charge in [0.1, 0.15) is 11.3 Å². The largest absolute Gasteiger partial charge is 0.452 e. The minimum absolute atomic E-state index is 0.122. The van der Waals surface area contributed by atoms with Crippen LogP contribution in [0.3, 0.4) is 0 Å². The molecule has 0 saturated heterocycles. The molecule has 7 heteroatoms. The van der Waals surface area contributed by atoms with Gasteiger partial charge in [0.2, 0.25) is 0 Å². The number of ether oxygens (including phenoxy) is 1. The van der Waals surface area contributed by atoms with Gasteiger partial charge in [-0.1, -0.05) is 36.4 Å². The number of amides is 1. The summed E-state index contributed by atoms with van der Waals surface area (Å²) in [4.78, 5) is 25.7. The van der Waals surface area contributed by atoms with E-state index in [4.69, 9.17) is 4.74 Å². The van der Waals surface area contributed by atoms with Crippen molar-refractivity contribution in [2.75, 3.05) is 6.61 Å². The number of nitrogens with one attached hydrogen (secondary N) is 1. The van der Waals surface area contributed by atoms with Gasteiger partial charge in [0.05, 0.1) is 11.4 Å². The molecule has 4 rings (SSSR count). The molecule has 150 valence electrons. The van der Waals surface area contributed by atoms with E-state index in [2.05, 4.69) is 10.4 Å². The van der Waals surface area contributed by atoms with E-state index in [1.165, 1.54) is 11.3 Å². The number of nitrogens with zero attached hydrogens (tertiary/aromatic N) is 2. The molecule has 0 spiro atoms. The Morgan fingerprint density at radius 1 is 1.24 bits per heavy atom. The molecule has 0 radical (unpaired) electrons. The zero-order valence-electron chi connectivity index (χ0n) is 16.2. The highest BCUT2D eigenvalue weighted by Crippen LogP contribution is 2.32. The standard InChI is InChI=1S/C22H23N3O3S/c1-15(17-9-10-17)23-20(26)14-28-22(27)18-13-25(12-16-6-3-2-4-7-16)24-21(18)19-8-5-11-29-19/h2-8,11,13,15,17H,9-10,12,14H2,1H3,(H,23,26)/t15-/m1/s1. The number of thiophene rings is 1. The van der Waals surface area contributed by atoms with E-state index in [-0.39, 0.29) is 18.6 Å². The second-order valence-corrected chi connectivity index (χ2v) is 8.27. The second-order valence-electron chi connectivity index (χ2n) is 7.32. The van der Waals surface area contributed by atoms with Gasteiger partial charge in [-0.05, 0) is 42.7 Å². The molecule has 2 heterocycles. The smallest absolute Gasteiger partial charge is 0.342 e. The molecule has 1 saturated carbocycles. The van der Waals surface area contributed by atoms with Crippen LogP contribution < -0.4 is 5.32 Å². The molecule has 1 atom stereocenters. The number of esters is 1. The lowest BCUT2D eigenvalue weighted by Gasteiger charge is -2.12. The van der Waals surface area contributed by atoms with E-state index >= 15 is 0 Å². The lowest BCUT2D eigenvalue weighted by Crippen LogP contribution is -2.37. The van der Waals surface area contributed by atoms with Gasteiger partial charge in [0, 0.05) is 12.2 Å². The third-order valence-electron chi connectivity index (χ3n) is 4.98. The Morgan fingerprint density at radius 2 is 2.03 bits per heavy atom. The van der Waals surface area contributed by atoms with Gasteiger partial charge in [-0.2, -0.15) is 5.10 Å². The van der Waals surface area contributed by atoms with Gasteiger partial charge in [-0.15, -0.1) is 11.3 Å². The fourth-order valence-electron chi connectivity index (χ4n) is 3.24. The minimum atomic E-state index is -0.540. The lowest BCUT2D eigenvalue weighted by molar-refractivity contribution is -0.124. The maximum atomic E-state index is 12.7. The van der Waals surface area contributed by atoms with Crippen molar-refractivity contribution in [2.24, 2.45) is 5.92 Å². The van der Waals surface area contributed by atoms with Gasteiger partial charge in [-0.3, -0.25) is 9.48 Å². The summed E-state index contributed by atoms with van der Waals surface area (Å²) in [6.07, 6.45) is 3.98. The molecule has 1 fully saturated rings. The van der Waals surface area contributed by atoms with Crippen molar-refractivity contribution < 1.29 is 14.3 Å². The van der Waals surface area contributed by atoms with Crippen molar-refractivity contribution in [2.45, 2.75) is 32.4 Å². The SMILES string of the molecule is C[C@@H](NC(=O)COC(=O)c1cn(Cc2ccccc2)nc1-c1cccs1)C1CC1. The molecular weight excluding hydrogens is 386 g/mol. The first-order valence-corrected chi connectivity index (χ1v) is 10.6. The van der Waals surface area contributed by atoms with Crippen LogP contribution in [0.5, 0.6) is 0 Å². The van der Waals surface area contributed by atoms with Crippen LogP contribution in [0.1, 0.15) is 35.7 Å². The molecule has 29 heavy (non-hydrogen) atoms. The summed E-state index contributed by atoms with van der Waals surface area (Å²) in [7, 11) is 0. The van der Waals surface area contributed by atoms with Crippen molar-refractivity contribution >= 4 is 23.2 Å². The van der Waals surface area contributed by atoms with Crippen LogP contribution in [0, 0.1) is 5.92 Å². The number of aromatic nitrogens is 2. The van der Waals surface area contributed by atoms with Crippen molar-refractivity contribution in [1.82, 2.24) is 15.1 Å². The predicted octanol–water partition coefficient (Wildman–Crippen LogP) is 3.73. The highest BCUT2D eigenvalue weighted by atomic mass is 32.1. The third kappa shape index (κ3) is 4.92. The molecular formula is C22H23N3O3S. The van der Waals surface area contributed by atoms with E-state index in [0.29, 0.717) is 23.7 Å². The van der Waals surface area contributed by atoms with Gasteiger partial charge in [0.25, 0.3) is 5.91 Å². The van der Waals surface area contributed by atoms with Crippen molar-refractivity contribution in [3.8, 4) is 10.6 Å². The summed E-state index contributed by atoms with van der Waals surface area (Å²) in [6, 6.07) is 13.9. The van der Waals surface area contributed by atoms with E-state index in [9.17, 15) is 9.59 Å². The highest BCUT2D eigenvalue weighted by Gasteiger charge is 2.29.